The van der Waals surface area contributed by atoms with Crippen molar-refractivity contribution in [1.29, 1.82) is 5.26 Å². The van der Waals surface area contributed by atoms with Crippen LogP contribution in [-0.2, 0) is 25.3 Å². The number of anilines is 2. The normalized spacial score (nSPS) is 16.2. The highest BCUT2D eigenvalue weighted by atomic mass is 32.1. The largest absolute Gasteiger partial charge is 0.494 e. The maximum absolute atomic E-state index is 15.3. The lowest BCUT2D eigenvalue weighted by Gasteiger charge is -2.33. The van der Waals surface area contributed by atoms with Crippen molar-refractivity contribution >= 4 is 46.4 Å². The third-order valence-electron chi connectivity index (χ3n) is 9.61. The van der Waals surface area contributed by atoms with Gasteiger partial charge in [0.1, 0.15) is 29.5 Å². The Hall–Kier alpha value is -5.14. The minimum atomic E-state index is -5.18. The standard InChI is InChI=1S/C40H44F4N6O5S/c1-38(2,3)34(35(52)48-18-6-7-19-48)47-31(51)24-54-20-8-9-21-55-28-14-10-25(11-15-28)29-16-13-27(23-46-29)50-37(56)49(36(53)39(50,4)5)30-17-12-26(22-45)32(33(30)41)40(42,43)44/h10-17,23,34H,6-9,18-21,24H2,1-5H3,(H,47,51). The van der Waals surface area contributed by atoms with E-state index in [0.717, 1.165) is 30.5 Å². The first-order valence-electron chi connectivity index (χ1n) is 18.2. The summed E-state index contributed by atoms with van der Waals surface area (Å²) in [5.41, 5.74) is -3.55. The molecule has 3 amide bonds. The monoisotopic (exact) mass is 796 g/mol. The Morgan fingerprint density at radius 3 is 2.27 bits per heavy atom. The molecule has 0 bridgehead atoms. The van der Waals surface area contributed by atoms with Crippen LogP contribution in [0.3, 0.4) is 0 Å². The van der Waals surface area contributed by atoms with Crippen molar-refractivity contribution in [3.8, 4) is 23.1 Å². The molecular weight excluding hydrogens is 753 g/mol. The molecule has 5 rings (SSSR count). The van der Waals surface area contributed by atoms with Gasteiger partial charge in [0.25, 0.3) is 5.91 Å². The zero-order chi connectivity index (χ0) is 41.0. The van der Waals surface area contributed by atoms with E-state index in [0.29, 0.717) is 61.2 Å². The Morgan fingerprint density at radius 1 is 1.02 bits per heavy atom. The Labute approximate surface area is 328 Å². The van der Waals surface area contributed by atoms with Gasteiger partial charge >= 0.3 is 6.18 Å². The van der Waals surface area contributed by atoms with Crippen molar-refractivity contribution in [2.75, 3.05) is 42.7 Å². The minimum absolute atomic E-state index is 0.0553. The smallest absolute Gasteiger partial charge is 0.420 e. The Morgan fingerprint density at radius 2 is 1.68 bits per heavy atom. The number of hydrogen-bond acceptors (Lipinski definition) is 8. The van der Waals surface area contributed by atoms with Crippen LogP contribution in [0.15, 0.2) is 54.7 Å². The minimum Gasteiger partial charge on any atom is -0.494 e. The lowest BCUT2D eigenvalue weighted by atomic mass is 9.85. The van der Waals surface area contributed by atoms with Crippen molar-refractivity contribution in [3.63, 3.8) is 0 Å². The quantitative estimate of drug-likeness (QED) is 0.110. The molecule has 0 radical (unpaired) electrons. The number of thiocarbonyl (C=S) groups is 1. The molecule has 1 aromatic heterocycles. The topological polar surface area (TPSA) is 128 Å². The summed E-state index contributed by atoms with van der Waals surface area (Å²) in [6.07, 6.45) is -0.424. The Kier molecular flexibility index (Phi) is 12.7. The first-order chi connectivity index (χ1) is 26.4. The van der Waals surface area contributed by atoms with Crippen LogP contribution < -0.4 is 19.9 Å². The van der Waals surface area contributed by atoms with Gasteiger partial charge in [0.2, 0.25) is 11.8 Å². The molecule has 1 atom stereocenters. The summed E-state index contributed by atoms with van der Waals surface area (Å²) in [6.45, 7) is 10.9. The van der Waals surface area contributed by atoms with Crippen molar-refractivity contribution in [2.24, 2.45) is 5.41 Å². The van der Waals surface area contributed by atoms with Gasteiger partial charge < -0.3 is 24.6 Å². The van der Waals surface area contributed by atoms with E-state index in [1.54, 1.807) is 24.3 Å². The molecule has 1 unspecified atom stereocenters. The molecule has 2 aromatic carbocycles. The average molecular weight is 797 g/mol. The molecule has 0 spiro atoms. The van der Waals surface area contributed by atoms with Crippen LogP contribution in [0.2, 0.25) is 0 Å². The van der Waals surface area contributed by atoms with Crippen molar-refractivity contribution < 1.29 is 41.4 Å². The number of ether oxygens (including phenoxy) is 2. The number of amides is 3. The van der Waals surface area contributed by atoms with E-state index in [1.165, 1.54) is 31.0 Å². The van der Waals surface area contributed by atoms with E-state index in [9.17, 15) is 27.6 Å². The highest BCUT2D eigenvalue weighted by molar-refractivity contribution is 7.81. The molecule has 1 N–H and O–H groups in total. The van der Waals surface area contributed by atoms with Crippen LogP contribution >= 0.6 is 12.2 Å². The van der Waals surface area contributed by atoms with Gasteiger partial charge in [-0.25, -0.2) is 4.39 Å². The fraction of sp³-hybridized carbons (Fsp3) is 0.450. The van der Waals surface area contributed by atoms with E-state index in [2.05, 4.69) is 10.3 Å². The van der Waals surface area contributed by atoms with Crippen molar-refractivity contribution in [2.45, 2.75) is 78.1 Å². The highest BCUT2D eigenvalue weighted by Crippen LogP contribution is 2.42. The van der Waals surface area contributed by atoms with Gasteiger partial charge in [0.05, 0.1) is 41.5 Å². The summed E-state index contributed by atoms with van der Waals surface area (Å²) in [6, 6.07) is 13.0. The van der Waals surface area contributed by atoms with Gasteiger partial charge in [-0.3, -0.25) is 24.3 Å². The molecule has 16 heteroatoms. The van der Waals surface area contributed by atoms with E-state index < -0.39 is 51.7 Å². The lowest BCUT2D eigenvalue weighted by Crippen LogP contribution is -2.54. The maximum atomic E-state index is 15.3. The third kappa shape index (κ3) is 9.11. The van der Waals surface area contributed by atoms with Gasteiger partial charge in [0.15, 0.2) is 10.9 Å². The fourth-order valence-electron chi connectivity index (χ4n) is 6.59. The number of rotatable bonds is 13. The number of hydrogen-bond donors (Lipinski definition) is 1. The number of nitriles is 1. The molecular formula is C40H44F4N6O5S. The predicted molar refractivity (Wildman–Crippen MR) is 205 cm³/mol. The van der Waals surface area contributed by atoms with Gasteiger partial charge in [-0.2, -0.15) is 18.4 Å². The summed E-state index contributed by atoms with van der Waals surface area (Å²) < 4.78 is 67.9. The number of benzene rings is 2. The zero-order valence-electron chi connectivity index (χ0n) is 31.8. The molecule has 3 heterocycles. The van der Waals surface area contributed by atoms with E-state index in [1.807, 2.05) is 37.8 Å². The molecule has 3 aromatic rings. The summed E-state index contributed by atoms with van der Waals surface area (Å²) in [7, 11) is 0. The van der Waals surface area contributed by atoms with Gasteiger partial charge in [-0.15, -0.1) is 0 Å². The summed E-state index contributed by atoms with van der Waals surface area (Å²) >= 11 is 5.51. The number of pyridine rings is 1. The number of alkyl halides is 3. The Bertz CT molecular complexity index is 1990. The first-order valence-corrected chi connectivity index (χ1v) is 18.6. The molecule has 2 aliphatic rings. The lowest BCUT2D eigenvalue weighted by molar-refractivity contribution is -0.140. The first kappa shape index (κ1) is 42.0. The summed E-state index contributed by atoms with van der Waals surface area (Å²) in [5.74, 6) is -2.28. The molecule has 56 heavy (non-hydrogen) atoms. The number of aromatic nitrogens is 1. The number of likely N-dealkylation sites (tertiary alicyclic amines) is 1. The molecule has 11 nitrogen and oxygen atoms in total. The number of carbonyl (C=O) groups excluding carboxylic acids is 3. The zero-order valence-corrected chi connectivity index (χ0v) is 32.7. The van der Waals surface area contributed by atoms with Crippen LogP contribution in [0, 0.1) is 22.6 Å². The number of halogens is 4. The second-order valence-electron chi connectivity index (χ2n) is 15.2. The SMILES string of the molecule is CC(C)(C)C(NC(=O)COCCCCOc1ccc(-c2ccc(N3C(=S)N(c4ccc(C#N)c(C(F)(F)F)c4F)C(=O)C3(C)C)cn2)cc1)C(=O)N1CCCC1. The molecule has 2 saturated heterocycles. The maximum Gasteiger partial charge on any atom is 0.420 e. The Balaban J connectivity index is 1.11. The van der Waals surface area contributed by atoms with Crippen molar-refractivity contribution in [1.82, 2.24) is 15.2 Å². The highest BCUT2D eigenvalue weighted by Gasteiger charge is 2.52. The second kappa shape index (κ2) is 16.9. The number of unbranched alkanes of at least 4 members (excludes halogenated alkanes) is 1. The van der Waals surface area contributed by atoms with E-state index >= 15 is 4.39 Å². The third-order valence-corrected chi connectivity index (χ3v) is 9.98. The second-order valence-corrected chi connectivity index (χ2v) is 15.5. The average Bonchev–Trinajstić information content (AvgIpc) is 3.74. The molecule has 2 aliphatic heterocycles. The van der Waals surface area contributed by atoms with E-state index in [-0.39, 0.29) is 23.5 Å². The van der Waals surface area contributed by atoms with Gasteiger partial charge in [-0.1, -0.05) is 20.8 Å². The van der Waals surface area contributed by atoms with Crippen molar-refractivity contribution in [3.05, 3.63) is 71.7 Å². The van der Waals surface area contributed by atoms with Crippen LogP contribution in [-0.4, -0.2) is 77.2 Å². The summed E-state index contributed by atoms with van der Waals surface area (Å²) in [5, 5.41) is 11.7. The number of nitrogens with zero attached hydrogens (tertiary/aromatic N) is 5. The van der Waals surface area contributed by atoms with E-state index in [4.69, 9.17) is 27.0 Å². The number of nitrogens with one attached hydrogen (secondary N) is 1. The van der Waals surface area contributed by atoms with Gasteiger partial charge in [0, 0.05) is 25.3 Å². The predicted octanol–water partition coefficient (Wildman–Crippen LogP) is 7.02. The molecule has 0 aliphatic carbocycles. The fourth-order valence-corrected chi connectivity index (χ4v) is 7.11. The van der Waals surface area contributed by atoms with Crippen LogP contribution in [0.4, 0.5) is 28.9 Å². The molecule has 2 fully saturated rings. The van der Waals surface area contributed by atoms with Crippen LogP contribution in [0.1, 0.15) is 71.4 Å². The van der Waals surface area contributed by atoms with Gasteiger partial charge in [-0.05, 0) is 106 Å². The van der Waals surface area contributed by atoms with Crippen LogP contribution in [0.5, 0.6) is 5.75 Å². The summed E-state index contributed by atoms with van der Waals surface area (Å²) in [4.78, 5) is 47.5. The molecule has 298 valence electrons. The number of carbonyl (C=O) groups is 3. The van der Waals surface area contributed by atoms with Crippen LogP contribution in [0.25, 0.3) is 11.3 Å². The molecule has 0 saturated carbocycles.